The van der Waals surface area contributed by atoms with Gasteiger partial charge in [-0.15, -0.1) is 0 Å². The molecule has 6 heteroatoms. The lowest BCUT2D eigenvalue weighted by molar-refractivity contribution is 0.233. The molecule has 23 heavy (non-hydrogen) atoms. The third-order valence-corrected chi connectivity index (χ3v) is 3.75. The van der Waals surface area contributed by atoms with Gasteiger partial charge in [-0.1, -0.05) is 25.4 Å². The number of ether oxygens (including phenoxy) is 2. The predicted octanol–water partition coefficient (Wildman–Crippen LogP) is 3.38. The summed E-state index contributed by atoms with van der Waals surface area (Å²) in [6.07, 6.45) is 2.34. The Balaban J connectivity index is 2.15. The normalized spacial score (nSPS) is 11.0. The lowest BCUT2D eigenvalue weighted by Gasteiger charge is -2.17. The molecule has 0 atom stereocenters. The van der Waals surface area contributed by atoms with Gasteiger partial charge in [0, 0.05) is 6.07 Å². The van der Waals surface area contributed by atoms with Crippen LogP contribution in [0.4, 0.5) is 0 Å². The van der Waals surface area contributed by atoms with Gasteiger partial charge in [-0.25, -0.2) is 0 Å². The first-order chi connectivity index (χ1) is 11.2. The average Bonchev–Trinajstić information content (AvgIpc) is 3.06. The molecule has 1 aromatic carbocycles. The van der Waals surface area contributed by atoms with Crippen LogP contribution in [-0.2, 0) is 6.54 Å². The molecule has 0 unspecified atom stereocenters. The van der Waals surface area contributed by atoms with E-state index < -0.39 is 0 Å². The van der Waals surface area contributed by atoms with E-state index in [9.17, 15) is 0 Å². The molecule has 0 radical (unpaired) electrons. The van der Waals surface area contributed by atoms with Gasteiger partial charge in [0.15, 0.2) is 0 Å². The largest absolute Gasteiger partial charge is 0.497 e. The van der Waals surface area contributed by atoms with E-state index in [4.69, 9.17) is 14.0 Å². The second-order valence-electron chi connectivity index (χ2n) is 5.30. The summed E-state index contributed by atoms with van der Waals surface area (Å²) in [5, 5.41) is 4.08. The summed E-state index contributed by atoms with van der Waals surface area (Å²) in [5.41, 5.74) is 0.792. The van der Waals surface area contributed by atoms with E-state index in [0.717, 1.165) is 24.4 Å². The van der Waals surface area contributed by atoms with E-state index in [0.29, 0.717) is 24.0 Å². The fourth-order valence-electron chi connectivity index (χ4n) is 2.33. The van der Waals surface area contributed by atoms with Gasteiger partial charge in [-0.3, -0.25) is 4.90 Å². The summed E-state index contributed by atoms with van der Waals surface area (Å²) >= 11 is 0. The van der Waals surface area contributed by atoms with E-state index in [-0.39, 0.29) is 0 Å². The van der Waals surface area contributed by atoms with Gasteiger partial charge in [0.25, 0.3) is 0 Å². The summed E-state index contributed by atoms with van der Waals surface area (Å²) < 4.78 is 16.0. The zero-order valence-electron chi connectivity index (χ0n) is 14.3. The average molecular weight is 319 g/mol. The van der Waals surface area contributed by atoms with Crippen LogP contribution in [0.15, 0.2) is 22.7 Å². The summed E-state index contributed by atoms with van der Waals surface area (Å²) in [5.74, 6) is 2.54. The van der Waals surface area contributed by atoms with Crippen LogP contribution in [0.1, 0.15) is 32.6 Å². The third kappa shape index (κ3) is 4.45. The topological polar surface area (TPSA) is 60.6 Å². The van der Waals surface area contributed by atoms with Gasteiger partial charge >= 0.3 is 0 Å². The molecule has 0 aliphatic rings. The number of nitrogens with zero attached hydrogens (tertiary/aromatic N) is 3. The van der Waals surface area contributed by atoms with Crippen molar-refractivity contribution < 1.29 is 14.0 Å². The lowest BCUT2D eigenvalue weighted by Crippen LogP contribution is -2.24. The van der Waals surface area contributed by atoms with Crippen LogP contribution in [0.3, 0.4) is 0 Å². The van der Waals surface area contributed by atoms with E-state index in [2.05, 4.69) is 28.9 Å². The minimum atomic E-state index is 0.533. The Morgan fingerprint density at radius 2 is 2.00 bits per heavy atom. The van der Waals surface area contributed by atoms with Crippen LogP contribution in [0.2, 0.25) is 0 Å². The van der Waals surface area contributed by atoms with Crippen molar-refractivity contribution >= 4 is 0 Å². The Morgan fingerprint density at radius 3 is 2.65 bits per heavy atom. The Bertz CT molecular complexity index is 613. The highest BCUT2D eigenvalue weighted by molar-refractivity contribution is 5.65. The SMILES string of the molecule is CCCCN(CC)Cc1nc(-c2ccc(OC)cc2OC)no1. The van der Waals surface area contributed by atoms with Gasteiger partial charge in [-0.2, -0.15) is 4.98 Å². The minimum Gasteiger partial charge on any atom is -0.497 e. The molecule has 1 aromatic heterocycles. The molecule has 0 bridgehead atoms. The van der Waals surface area contributed by atoms with Crippen molar-refractivity contribution in [1.82, 2.24) is 15.0 Å². The molecule has 0 N–H and O–H groups in total. The molecule has 0 saturated carbocycles. The van der Waals surface area contributed by atoms with Gasteiger partial charge in [0.1, 0.15) is 11.5 Å². The van der Waals surface area contributed by atoms with Gasteiger partial charge in [-0.05, 0) is 31.6 Å². The van der Waals surface area contributed by atoms with Crippen molar-refractivity contribution in [2.24, 2.45) is 0 Å². The molecule has 1 heterocycles. The highest BCUT2D eigenvalue weighted by atomic mass is 16.5. The summed E-state index contributed by atoms with van der Waals surface area (Å²) in [4.78, 5) is 6.80. The molecule has 0 saturated heterocycles. The second-order valence-corrected chi connectivity index (χ2v) is 5.30. The van der Waals surface area contributed by atoms with Crippen LogP contribution < -0.4 is 9.47 Å². The van der Waals surface area contributed by atoms with Crippen LogP contribution in [0, 0.1) is 0 Å². The monoisotopic (exact) mass is 319 g/mol. The number of rotatable bonds is 9. The lowest BCUT2D eigenvalue weighted by atomic mass is 10.2. The summed E-state index contributed by atoms with van der Waals surface area (Å²) in [6.45, 7) is 7.00. The molecule has 2 rings (SSSR count). The van der Waals surface area contributed by atoms with Crippen molar-refractivity contribution in [3.63, 3.8) is 0 Å². The van der Waals surface area contributed by atoms with E-state index in [1.165, 1.54) is 12.8 Å². The summed E-state index contributed by atoms with van der Waals surface area (Å²) in [6, 6.07) is 5.54. The highest BCUT2D eigenvalue weighted by Crippen LogP contribution is 2.31. The van der Waals surface area contributed by atoms with Crippen LogP contribution in [-0.4, -0.2) is 42.3 Å². The number of benzene rings is 1. The molecule has 2 aromatic rings. The van der Waals surface area contributed by atoms with Gasteiger partial charge in [0.2, 0.25) is 11.7 Å². The quantitative estimate of drug-likeness (QED) is 0.706. The smallest absolute Gasteiger partial charge is 0.241 e. The zero-order chi connectivity index (χ0) is 16.7. The van der Waals surface area contributed by atoms with Crippen molar-refractivity contribution in [3.05, 3.63) is 24.1 Å². The Labute approximate surface area is 137 Å². The maximum absolute atomic E-state index is 5.40. The zero-order valence-corrected chi connectivity index (χ0v) is 14.3. The first kappa shape index (κ1) is 17.3. The maximum Gasteiger partial charge on any atom is 0.241 e. The van der Waals surface area contributed by atoms with Crippen LogP contribution in [0.25, 0.3) is 11.4 Å². The van der Waals surface area contributed by atoms with E-state index in [1.807, 2.05) is 18.2 Å². The van der Waals surface area contributed by atoms with Crippen LogP contribution in [0.5, 0.6) is 11.5 Å². The molecule has 0 amide bonds. The maximum atomic E-state index is 5.40. The first-order valence-corrected chi connectivity index (χ1v) is 7.99. The predicted molar refractivity (Wildman–Crippen MR) is 88.7 cm³/mol. The van der Waals surface area contributed by atoms with E-state index in [1.54, 1.807) is 14.2 Å². The molecule has 126 valence electrons. The first-order valence-electron chi connectivity index (χ1n) is 7.99. The van der Waals surface area contributed by atoms with Crippen molar-refractivity contribution in [1.29, 1.82) is 0 Å². The highest BCUT2D eigenvalue weighted by Gasteiger charge is 2.15. The fraction of sp³-hybridized carbons (Fsp3) is 0.529. The van der Waals surface area contributed by atoms with E-state index >= 15 is 0 Å². The van der Waals surface area contributed by atoms with Gasteiger partial charge < -0.3 is 14.0 Å². The Kier molecular flexibility index (Phi) is 6.40. The Morgan fingerprint density at radius 1 is 1.17 bits per heavy atom. The Hall–Kier alpha value is -2.08. The third-order valence-electron chi connectivity index (χ3n) is 3.75. The van der Waals surface area contributed by atoms with Crippen molar-refractivity contribution in [2.45, 2.75) is 33.2 Å². The molecule has 0 aliphatic heterocycles. The number of hydrogen-bond acceptors (Lipinski definition) is 6. The number of hydrogen-bond donors (Lipinski definition) is 0. The minimum absolute atomic E-state index is 0.533. The fourth-order valence-corrected chi connectivity index (χ4v) is 2.33. The molecule has 0 fully saturated rings. The number of methoxy groups -OCH3 is 2. The van der Waals surface area contributed by atoms with Crippen molar-refractivity contribution in [2.75, 3.05) is 27.3 Å². The molecular weight excluding hydrogens is 294 g/mol. The second kappa shape index (κ2) is 8.53. The van der Waals surface area contributed by atoms with Crippen molar-refractivity contribution in [3.8, 4) is 22.9 Å². The molecule has 0 aliphatic carbocycles. The standard InChI is InChI=1S/C17H25N3O3/c1-5-7-10-20(6-2)12-16-18-17(19-23-16)14-9-8-13(21-3)11-15(14)22-4/h8-9,11H,5-7,10,12H2,1-4H3. The number of unbranched alkanes of at least 4 members (excludes halogenated alkanes) is 1. The number of aromatic nitrogens is 2. The summed E-state index contributed by atoms with van der Waals surface area (Å²) in [7, 11) is 3.24. The van der Waals surface area contributed by atoms with Crippen LogP contribution >= 0.6 is 0 Å². The molecule has 6 nitrogen and oxygen atoms in total. The van der Waals surface area contributed by atoms with Gasteiger partial charge in [0.05, 0.1) is 26.3 Å². The molecular formula is C17H25N3O3. The molecule has 0 spiro atoms.